The Kier molecular flexibility index (Phi) is 4.73. The number of nitrogens with one attached hydrogen (secondary N) is 1. The van der Waals surface area contributed by atoms with E-state index in [9.17, 15) is 4.79 Å². The first-order chi connectivity index (χ1) is 10.0. The molecule has 112 valence electrons. The van der Waals surface area contributed by atoms with Crippen molar-refractivity contribution in [2.24, 2.45) is 0 Å². The number of hydrogen-bond donors (Lipinski definition) is 1. The Morgan fingerprint density at radius 2 is 2.05 bits per heavy atom. The summed E-state index contributed by atoms with van der Waals surface area (Å²) in [6.45, 7) is 8.14. The largest absolute Gasteiger partial charge is 0.465 e. The van der Waals surface area contributed by atoms with E-state index in [-0.39, 0.29) is 11.9 Å². The molecule has 5 nitrogen and oxygen atoms in total. The first-order valence-corrected chi connectivity index (χ1v) is 7.19. The van der Waals surface area contributed by atoms with Gasteiger partial charge in [-0.05, 0) is 25.0 Å². The predicted molar refractivity (Wildman–Crippen MR) is 80.1 cm³/mol. The summed E-state index contributed by atoms with van der Waals surface area (Å²) >= 11 is 0. The van der Waals surface area contributed by atoms with E-state index >= 15 is 0 Å². The second kappa shape index (κ2) is 6.52. The zero-order chi connectivity index (χ0) is 15.4. The maximum Gasteiger partial charge on any atom is 0.321 e. The van der Waals surface area contributed by atoms with Gasteiger partial charge in [0.1, 0.15) is 11.7 Å². The Morgan fingerprint density at radius 3 is 2.62 bits per heavy atom. The molecule has 2 aromatic rings. The third-order valence-corrected chi connectivity index (χ3v) is 3.33. The second-order valence-electron chi connectivity index (χ2n) is 5.28. The van der Waals surface area contributed by atoms with Gasteiger partial charge in [-0.3, -0.25) is 9.89 Å². The number of ether oxygens (including phenoxy) is 1. The van der Waals surface area contributed by atoms with E-state index in [2.05, 4.69) is 15.2 Å². The molecule has 2 rings (SSSR count). The summed E-state index contributed by atoms with van der Waals surface area (Å²) in [5.41, 5.74) is 1.92. The normalized spacial score (nSPS) is 12.4. The van der Waals surface area contributed by atoms with Crippen molar-refractivity contribution in [3.05, 3.63) is 47.0 Å². The number of nitrogens with zero attached hydrogens (tertiary/aromatic N) is 2. The van der Waals surface area contributed by atoms with E-state index in [1.807, 2.05) is 45.0 Å². The number of carbonyl (C=O) groups is 1. The molecule has 1 atom stereocenters. The smallest absolute Gasteiger partial charge is 0.321 e. The van der Waals surface area contributed by atoms with Gasteiger partial charge in [0.15, 0.2) is 5.82 Å². The van der Waals surface area contributed by atoms with Gasteiger partial charge in [0.05, 0.1) is 6.61 Å². The van der Waals surface area contributed by atoms with E-state index in [4.69, 9.17) is 4.74 Å². The monoisotopic (exact) mass is 287 g/mol. The molecule has 1 unspecified atom stereocenters. The van der Waals surface area contributed by atoms with E-state index < -0.39 is 5.92 Å². The van der Waals surface area contributed by atoms with Crippen molar-refractivity contribution in [3.8, 4) is 0 Å². The second-order valence-corrected chi connectivity index (χ2v) is 5.28. The highest BCUT2D eigenvalue weighted by Crippen LogP contribution is 2.27. The van der Waals surface area contributed by atoms with Crippen LogP contribution in [0, 0.1) is 6.92 Å². The number of H-pyrrole nitrogens is 1. The molecular weight excluding hydrogens is 266 g/mol. The summed E-state index contributed by atoms with van der Waals surface area (Å²) in [5.74, 6) is 0.568. The van der Waals surface area contributed by atoms with Gasteiger partial charge in [0.25, 0.3) is 0 Å². The maximum atomic E-state index is 12.4. The molecule has 0 bridgehead atoms. The zero-order valence-corrected chi connectivity index (χ0v) is 12.9. The molecule has 1 aromatic heterocycles. The molecule has 0 saturated carbocycles. The fourth-order valence-electron chi connectivity index (χ4n) is 2.20. The minimum absolute atomic E-state index is 0.203. The fraction of sp³-hybridized carbons (Fsp3) is 0.438. The molecule has 0 radical (unpaired) electrons. The van der Waals surface area contributed by atoms with Gasteiger partial charge >= 0.3 is 5.97 Å². The van der Waals surface area contributed by atoms with Crippen LogP contribution in [-0.2, 0) is 9.53 Å². The highest BCUT2D eigenvalue weighted by Gasteiger charge is 2.29. The van der Waals surface area contributed by atoms with Crippen LogP contribution in [0.5, 0.6) is 0 Å². The zero-order valence-electron chi connectivity index (χ0n) is 12.9. The standard InChI is InChI=1S/C16H21N3O2/c1-5-21-16(20)13(12-9-7-6-8-11(12)4)15-17-14(10(2)3)18-19-15/h6-10,13H,5H2,1-4H3,(H,17,18,19). The molecular formula is C16H21N3O2. The lowest BCUT2D eigenvalue weighted by Gasteiger charge is -2.15. The van der Waals surface area contributed by atoms with Crippen molar-refractivity contribution in [1.82, 2.24) is 15.2 Å². The van der Waals surface area contributed by atoms with Crippen molar-refractivity contribution in [2.75, 3.05) is 6.61 Å². The van der Waals surface area contributed by atoms with E-state index in [0.29, 0.717) is 18.3 Å². The highest BCUT2D eigenvalue weighted by molar-refractivity contribution is 5.81. The summed E-state index contributed by atoms with van der Waals surface area (Å²) < 4.78 is 5.21. The van der Waals surface area contributed by atoms with Crippen LogP contribution in [0.4, 0.5) is 0 Å². The topological polar surface area (TPSA) is 67.9 Å². The SMILES string of the molecule is CCOC(=O)C(c1nc(C(C)C)n[nH]1)c1ccccc1C. The van der Waals surface area contributed by atoms with Gasteiger partial charge in [0.2, 0.25) is 0 Å². The van der Waals surface area contributed by atoms with Gasteiger partial charge in [-0.25, -0.2) is 4.98 Å². The van der Waals surface area contributed by atoms with Gasteiger partial charge in [-0.15, -0.1) is 0 Å². The van der Waals surface area contributed by atoms with Crippen molar-refractivity contribution >= 4 is 5.97 Å². The van der Waals surface area contributed by atoms with Gasteiger partial charge in [0, 0.05) is 5.92 Å². The van der Waals surface area contributed by atoms with E-state index in [1.165, 1.54) is 0 Å². The van der Waals surface area contributed by atoms with Crippen LogP contribution in [0.2, 0.25) is 0 Å². The molecule has 1 heterocycles. The number of benzene rings is 1. The number of hydrogen-bond acceptors (Lipinski definition) is 4. The van der Waals surface area contributed by atoms with Crippen molar-refractivity contribution < 1.29 is 9.53 Å². The molecule has 0 aliphatic heterocycles. The van der Waals surface area contributed by atoms with Crippen LogP contribution >= 0.6 is 0 Å². The van der Waals surface area contributed by atoms with Crippen LogP contribution in [-0.4, -0.2) is 27.8 Å². The molecule has 0 aliphatic carbocycles. The van der Waals surface area contributed by atoms with Gasteiger partial charge in [-0.1, -0.05) is 38.1 Å². The average Bonchev–Trinajstić information content (AvgIpc) is 2.91. The molecule has 0 spiro atoms. The Morgan fingerprint density at radius 1 is 1.33 bits per heavy atom. The Hall–Kier alpha value is -2.17. The Balaban J connectivity index is 2.45. The van der Waals surface area contributed by atoms with Crippen molar-refractivity contribution in [2.45, 2.75) is 39.5 Å². The summed E-state index contributed by atoms with van der Waals surface area (Å²) in [6, 6.07) is 7.75. The lowest BCUT2D eigenvalue weighted by atomic mass is 9.94. The number of aromatic amines is 1. The summed E-state index contributed by atoms with van der Waals surface area (Å²) in [7, 11) is 0. The minimum Gasteiger partial charge on any atom is -0.465 e. The van der Waals surface area contributed by atoms with Crippen LogP contribution in [0.15, 0.2) is 24.3 Å². The molecule has 0 aliphatic rings. The van der Waals surface area contributed by atoms with Crippen LogP contribution < -0.4 is 0 Å². The highest BCUT2D eigenvalue weighted by atomic mass is 16.5. The fourth-order valence-corrected chi connectivity index (χ4v) is 2.20. The number of aryl methyl sites for hydroxylation is 1. The molecule has 0 amide bonds. The Bertz CT molecular complexity index is 619. The van der Waals surface area contributed by atoms with Crippen molar-refractivity contribution in [3.63, 3.8) is 0 Å². The quantitative estimate of drug-likeness (QED) is 0.858. The first-order valence-electron chi connectivity index (χ1n) is 7.19. The molecule has 0 fully saturated rings. The van der Waals surface area contributed by atoms with Crippen LogP contribution in [0.25, 0.3) is 0 Å². The molecule has 5 heteroatoms. The third-order valence-electron chi connectivity index (χ3n) is 3.33. The van der Waals surface area contributed by atoms with Crippen molar-refractivity contribution in [1.29, 1.82) is 0 Å². The van der Waals surface area contributed by atoms with Crippen LogP contribution in [0.1, 0.15) is 55.4 Å². The predicted octanol–water partition coefficient (Wildman–Crippen LogP) is 2.93. The minimum atomic E-state index is -0.564. The number of rotatable bonds is 5. The molecule has 1 aromatic carbocycles. The number of esters is 1. The molecule has 1 N–H and O–H groups in total. The van der Waals surface area contributed by atoms with Gasteiger partial charge in [-0.2, -0.15) is 5.10 Å². The molecule has 0 saturated heterocycles. The lowest BCUT2D eigenvalue weighted by molar-refractivity contribution is -0.144. The van der Waals surface area contributed by atoms with E-state index in [1.54, 1.807) is 6.92 Å². The number of carbonyl (C=O) groups excluding carboxylic acids is 1. The van der Waals surface area contributed by atoms with E-state index in [0.717, 1.165) is 11.1 Å². The average molecular weight is 287 g/mol. The maximum absolute atomic E-state index is 12.4. The summed E-state index contributed by atoms with van der Waals surface area (Å²) in [4.78, 5) is 16.8. The lowest BCUT2D eigenvalue weighted by Crippen LogP contribution is -2.19. The molecule has 21 heavy (non-hydrogen) atoms. The number of aromatic nitrogens is 3. The summed E-state index contributed by atoms with van der Waals surface area (Å²) in [6.07, 6.45) is 0. The summed E-state index contributed by atoms with van der Waals surface area (Å²) in [5, 5.41) is 7.08. The first kappa shape index (κ1) is 15.2. The Labute approximate surface area is 124 Å². The van der Waals surface area contributed by atoms with Crippen LogP contribution in [0.3, 0.4) is 0 Å². The third kappa shape index (κ3) is 3.29. The van der Waals surface area contributed by atoms with Gasteiger partial charge < -0.3 is 4.74 Å².